The number of allylic oxidation sites excluding steroid dienone is 4. The van der Waals surface area contributed by atoms with Crippen LogP contribution in [-0.2, 0) is 14.3 Å². The molecule has 0 aliphatic carbocycles. The summed E-state index contributed by atoms with van der Waals surface area (Å²) in [5.74, 6) is -0.709. The van der Waals surface area contributed by atoms with Gasteiger partial charge >= 0.3 is 0 Å². The Morgan fingerprint density at radius 2 is 1.02 bits per heavy atom. The largest absolute Gasteiger partial charge is 0.394 e. The average Bonchev–Trinajstić information content (AvgIpc) is 3.23. The number of rotatable bonds is 40. The molecule has 1 saturated heterocycles. The van der Waals surface area contributed by atoms with Crippen LogP contribution < -0.4 is 5.32 Å². The van der Waals surface area contributed by atoms with Gasteiger partial charge in [0.15, 0.2) is 6.29 Å². The number of aliphatic hydroxyl groups excluding tert-OH is 7. The number of unbranched alkanes of at least 4 members (excludes halogenated alkanes) is 24. The Morgan fingerprint density at radius 3 is 1.51 bits per heavy atom. The highest BCUT2D eigenvalue weighted by Crippen LogP contribution is 2.23. The Hall–Kier alpha value is -1.41. The summed E-state index contributed by atoms with van der Waals surface area (Å²) in [6.07, 6.45) is 30.8. The molecule has 1 rings (SSSR count). The first kappa shape index (κ1) is 55.6. The van der Waals surface area contributed by atoms with E-state index in [0.29, 0.717) is 19.3 Å². The van der Waals surface area contributed by atoms with Crippen LogP contribution in [0.1, 0.15) is 206 Å². The fourth-order valence-electron chi connectivity index (χ4n) is 7.69. The Balaban J connectivity index is 2.47. The summed E-state index contributed by atoms with van der Waals surface area (Å²) in [5.41, 5.74) is 0. The van der Waals surface area contributed by atoms with Crippen molar-refractivity contribution in [1.82, 2.24) is 5.32 Å². The summed E-state index contributed by atoms with van der Waals surface area (Å²) in [4.78, 5) is 13.1. The zero-order chi connectivity index (χ0) is 43.4. The molecule has 0 aromatic heterocycles. The predicted octanol–water partition coefficient (Wildman–Crippen LogP) is 8.23. The van der Waals surface area contributed by atoms with Crippen molar-refractivity contribution in [1.29, 1.82) is 0 Å². The number of hydrogen-bond acceptors (Lipinski definition) is 10. The lowest BCUT2D eigenvalue weighted by molar-refractivity contribution is -0.303. The number of nitrogens with one attached hydrogen (secondary N) is 1. The molecule has 8 N–H and O–H groups in total. The first-order valence-corrected chi connectivity index (χ1v) is 24.2. The zero-order valence-electron chi connectivity index (χ0n) is 37.5. The van der Waals surface area contributed by atoms with Gasteiger partial charge in [-0.2, -0.15) is 0 Å². The zero-order valence-corrected chi connectivity index (χ0v) is 37.5. The standard InChI is InChI=1S/C48H91NO10/c1-3-5-7-9-11-13-15-17-19-20-22-23-25-27-29-31-33-35-40(51)43(53)39(38-58-48-46(56)45(55)44(54)42(37-50)59-48)49-47(57)41(52)36-34-32-30-28-26-24-21-18-16-14-12-10-8-6-4-2/h20,22,27,29,39-46,48,50-56H,3-19,21,23-26,28,30-38H2,1-2H3,(H,49,57)/b22-20+,29-27+. The summed E-state index contributed by atoms with van der Waals surface area (Å²) in [6, 6.07) is -1.19. The van der Waals surface area contributed by atoms with Gasteiger partial charge in [-0.15, -0.1) is 0 Å². The van der Waals surface area contributed by atoms with Gasteiger partial charge < -0.3 is 50.5 Å². The molecule has 9 atom stereocenters. The number of carbonyl (C=O) groups excluding carboxylic acids is 1. The van der Waals surface area contributed by atoms with Gasteiger partial charge in [-0.25, -0.2) is 0 Å². The maximum absolute atomic E-state index is 13.1. The molecule has 1 aliphatic rings. The molecule has 0 spiro atoms. The Kier molecular flexibility index (Phi) is 36.1. The minimum atomic E-state index is -1.67. The van der Waals surface area contributed by atoms with Crippen LogP contribution in [0.15, 0.2) is 24.3 Å². The molecule has 0 bridgehead atoms. The lowest BCUT2D eigenvalue weighted by atomic mass is 9.98. The van der Waals surface area contributed by atoms with Gasteiger partial charge in [0.05, 0.1) is 25.4 Å². The van der Waals surface area contributed by atoms with Gasteiger partial charge in [-0.05, 0) is 51.4 Å². The minimum absolute atomic E-state index is 0.248. The molecule has 9 unspecified atom stereocenters. The first-order valence-electron chi connectivity index (χ1n) is 24.2. The average molecular weight is 842 g/mol. The van der Waals surface area contributed by atoms with Crippen LogP contribution in [0.25, 0.3) is 0 Å². The highest BCUT2D eigenvalue weighted by Gasteiger charge is 2.44. The topological polar surface area (TPSA) is 189 Å². The van der Waals surface area contributed by atoms with Gasteiger partial charge in [0.1, 0.15) is 36.6 Å². The second-order valence-corrected chi connectivity index (χ2v) is 17.2. The second kappa shape index (κ2) is 38.3. The summed E-state index contributed by atoms with van der Waals surface area (Å²) in [5, 5.41) is 75.7. The lowest BCUT2D eigenvalue weighted by Crippen LogP contribution is -2.60. The molecule has 11 nitrogen and oxygen atoms in total. The van der Waals surface area contributed by atoms with E-state index in [4.69, 9.17) is 9.47 Å². The van der Waals surface area contributed by atoms with Gasteiger partial charge in [-0.3, -0.25) is 4.79 Å². The summed E-state index contributed by atoms with van der Waals surface area (Å²) < 4.78 is 11.1. The molecular weight excluding hydrogens is 751 g/mol. The minimum Gasteiger partial charge on any atom is -0.394 e. The Morgan fingerprint density at radius 1 is 0.576 bits per heavy atom. The summed E-state index contributed by atoms with van der Waals surface area (Å²) in [7, 11) is 0. The molecule has 1 fully saturated rings. The third-order valence-corrected chi connectivity index (χ3v) is 11.7. The molecule has 0 saturated carbocycles. The summed E-state index contributed by atoms with van der Waals surface area (Å²) >= 11 is 0. The molecule has 0 radical (unpaired) electrons. The number of aliphatic hydroxyl groups is 7. The van der Waals surface area contributed by atoms with E-state index in [1.165, 1.54) is 122 Å². The molecule has 1 heterocycles. The van der Waals surface area contributed by atoms with E-state index in [1.807, 2.05) is 0 Å². The molecule has 1 amide bonds. The predicted molar refractivity (Wildman–Crippen MR) is 238 cm³/mol. The van der Waals surface area contributed by atoms with Crippen molar-refractivity contribution >= 4 is 5.91 Å². The normalized spacial score (nSPS) is 21.9. The number of hydrogen-bond donors (Lipinski definition) is 8. The van der Waals surface area contributed by atoms with Crippen molar-refractivity contribution in [3.05, 3.63) is 24.3 Å². The van der Waals surface area contributed by atoms with Crippen molar-refractivity contribution in [2.45, 2.75) is 262 Å². The van der Waals surface area contributed by atoms with Crippen molar-refractivity contribution in [3.63, 3.8) is 0 Å². The van der Waals surface area contributed by atoms with Crippen molar-refractivity contribution in [2.24, 2.45) is 0 Å². The number of amides is 1. The SMILES string of the molecule is CCCCCCCCCC/C=C/CC/C=C/CCCC(O)C(O)C(COC1OC(CO)C(O)C(O)C1O)NC(=O)C(O)CCCCCCCCCCCCCCCCC. The summed E-state index contributed by atoms with van der Waals surface area (Å²) in [6.45, 7) is 3.42. The number of ether oxygens (including phenoxy) is 2. The van der Waals surface area contributed by atoms with E-state index in [-0.39, 0.29) is 12.8 Å². The van der Waals surface area contributed by atoms with Crippen molar-refractivity contribution < 1.29 is 50.0 Å². The lowest BCUT2D eigenvalue weighted by Gasteiger charge is -2.40. The van der Waals surface area contributed by atoms with E-state index < -0.39 is 74.2 Å². The van der Waals surface area contributed by atoms with Gasteiger partial charge in [0, 0.05) is 0 Å². The van der Waals surface area contributed by atoms with E-state index >= 15 is 0 Å². The van der Waals surface area contributed by atoms with E-state index in [2.05, 4.69) is 43.5 Å². The maximum atomic E-state index is 13.1. The Labute approximate surface area is 359 Å². The van der Waals surface area contributed by atoms with Crippen LogP contribution >= 0.6 is 0 Å². The monoisotopic (exact) mass is 842 g/mol. The van der Waals surface area contributed by atoms with E-state index in [9.17, 15) is 40.5 Å². The van der Waals surface area contributed by atoms with E-state index in [1.54, 1.807) is 0 Å². The number of carbonyl (C=O) groups is 1. The van der Waals surface area contributed by atoms with Crippen LogP contribution in [0, 0.1) is 0 Å². The van der Waals surface area contributed by atoms with E-state index in [0.717, 1.165) is 38.5 Å². The Bertz CT molecular complexity index is 1010. The van der Waals surface area contributed by atoms with Crippen LogP contribution in [0.3, 0.4) is 0 Å². The van der Waals surface area contributed by atoms with Crippen molar-refractivity contribution in [2.75, 3.05) is 13.2 Å². The van der Waals surface area contributed by atoms with Gasteiger partial charge in [0.25, 0.3) is 0 Å². The molecule has 348 valence electrons. The molecular formula is C48H91NO10. The van der Waals surface area contributed by atoms with Gasteiger partial charge in [-0.1, -0.05) is 179 Å². The molecule has 0 aromatic carbocycles. The van der Waals surface area contributed by atoms with Crippen LogP contribution in [0.5, 0.6) is 0 Å². The van der Waals surface area contributed by atoms with Crippen LogP contribution in [0.2, 0.25) is 0 Å². The smallest absolute Gasteiger partial charge is 0.249 e. The maximum Gasteiger partial charge on any atom is 0.249 e. The third kappa shape index (κ3) is 28.0. The molecule has 1 aliphatic heterocycles. The fraction of sp³-hybridized carbons (Fsp3) is 0.896. The molecule has 0 aromatic rings. The first-order chi connectivity index (χ1) is 28.7. The van der Waals surface area contributed by atoms with Crippen LogP contribution in [-0.4, -0.2) is 110 Å². The highest BCUT2D eigenvalue weighted by molar-refractivity contribution is 5.80. The van der Waals surface area contributed by atoms with Crippen molar-refractivity contribution in [3.8, 4) is 0 Å². The third-order valence-electron chi connectivity index (χ3n) is 11.7. The highest BCUT2D eigenvalue weighted by atomic mass is 16.7. The molecule has 11 heteroatoms. The second-order valence-electron chi connectivity index (χ2n) is 17.2. The fourth-order valence-corrected chi connectivity index (χ4v) is 7.69. The van der Waals surface area contributed by atoms with Gasteiger partial charge in [0.2, 0.25) is 5.91 Å². The molecule has 59 heavy (non-hydrogen) atoms. The van der Waals surface area contributed by atoms with Crippen LogP contribution in [0.4, 0.5) is 0 Å². The quantitative estimate of drug-likeness (QED) is 0.0221.